The number of imidazole rings is 1. The van der Waals surface area contributed by atoms with Crippen LogP contribution < -0.4 is 5.32 Å². The molecule has 3 aromatic rings. The molecule has 0 aliphatic carbocycles. The summed E-state index contributed by atoms with van der Waals surface area (Å²) in [5.41, 5.74) is 3.29. The van der Waals surface area contributed by atoms with Crippen molar-refractivity contribution in [2.75, 3.05) is 18.8 Å². The van der Waals surface area contributed by atoms with Gasteiger partial charge in [0.05, 0.1) is 16.8 Å². The molecular weight excluding hydrogens is 356 g/mol. The van der Waals surface area contributed by atoms with Crippen molar-refractivity contribution in [1.29, 1.82) is 0 Å². The van der Waals surface area contributed by atoms with Crippen molar-refractivity contribution in [3.8, 4) is 0 Å². The smallest absolute Gasteiger partial charge is 0.230 e. The lowest BCUT2D eigenvalue weighted by Gasteiger charge is -2.32. The highest BCUT2D eigenvalue weighted by Gasteiger charge is 2.20. The van der Waals surface area contributed by atoms with Crippen molar-refractivity contribution in [2.24, 2.45) is 0 Å². The largest absolute Gasteiger partial charge is 0.353 e. The van der Waals surface area contributed by atoms with Crippen LogP contribution in [0.1, 0.15) is 18.4 Å². The molecule has 1 fully saturated rings. The van der Waals surface area contributed by atoms with E-state index in [1.54, 1.807) is 0 Å². The second-order valence-corrected chi connectivity index (χ2v) is 7.92. The predicted molar refractivity (Wildman–Crippen MR) is 110 cm³/mol. The number of hydrogen-bond acceptors (Lipinski definition) is 4. The van der Waals surface area contributed by atoms with E-state index in [0.717, 1.165) is 48.7 Å². The van der Waals surface area contributed by atoms with Gasteiger partial charge >= 0.3 is 0 Å². The van der Waals surface area contributed by atoms with Crippen LogP contribution in [-0.4, -0.2) is 45.7 Å². The molecule has 0 atom stereocenters. The monoisotopic (exact) mass is 380 g/mol. The SMILES string of the molecule is O=C(CSc1nc2ccccc2[nH]1)NC1CCN(Cc2ccccc2)CC1. The van der Waals surface area contributed by atoms with Crippen LogP contribution in [0.2, 0.25) is 0 Å². The lowest BCUT2D eigenvalue weighted by atomic mass is 10.0. The molecule has 2 aromatic carbocycles. The molecule has 0 unspecified atom stereocenters. The Morgan fingerprint density at radius 3 is 2.63 bits per heavy atom. The van der Waals surface area contributed by atoms with Gasteiger partial charge in [0.25, 0.3) is 0 Å². The minimum atomic E-state index is 0.0852. The number of fused-ring (bicyclic) bond motifs is 1. The quantitative estimate of drug-likeness (QED) is 0.643. The Kier molecular flexibility index (Phi) is 5.75. The third-order valence-electron chi connectivity index (χ3n) is 4.91. The zero-order chi connectivity index (χ0) is 18.5. The number of para-hydroxylation sites is 2. The van der Waals surface area contributed by atoms with Crippen LogP contribution in [0, 0.1) is 0 Å². The number of amides is 1. The van der Waals surface area contributed by atoms with Gasteiger partial charge < -0.3 is 10.3 Å². The highest BCUT2D eigenvalue weighted by Crippen LogP contribution is 2.19. The molecule has 1 aliphatic heterocycles. The fourth-order valence-electron chi connectivity index (χ4n) is 3.48. The number of thioether (sulfide) groups is 1. The minimum absolute atomic E-state index is 0.0852. The zero-order valence-electron chi connectivity index (χ0n) is 15.2. The van der Waals surface area contributed by atoms with Crippen molar-refractivity contribution in [2.45, 2.75) is 30.6 Å². The first-order valence-corrected chi connectivity index (χ1v) is 10.4. The van der Waals surface area contributed by atoms with E-state index in [9.17, 15) is 4.79 Å². The molecule has 4 rings (SSSR count). The highest BCUT2D eigenvalue weighted by molar-refractivity contribution is 7.99. The summed E-state index contributed by atoms with van der Waals surface area (Å²) in [4.78, 5) is 22.5. The summed E-state index contributed by atoms with van der Waals surface area (Å²) >= 11 is 1.46. The molecule has 2 heterocycles. The maximum atomic E-state index is 12.3. The zero-order valence-corrected chi connectivity index (χ0v) is 16.0. The molecule has 27 heavy (non-hydrogen) atoms. The number of rotatable bonds is 6. The van der Waals surface area contributed by atoms with Crippen molar-refractivity contribution in [3.63, 3.8) is 0 Å². The molecule has 1 aliphatic rings. The van der Waals surface area contributed by atoms with Gasteiger partial charge in [0.1, 0.15) is 0 Å². The standard InChI is InChI=1S/C21H24N4OS/c26-20(15-27-21-23-18-8-4-5-9-19(18)24-21)22-17-10-12-25(13-11-17)14-16-6-2-1-3-7-16/h1-9,17H,10-15H2,(H,22,26)(H,23,24). The number of nitrogens with one attached hydrogen (secondary N) is 2. The van der Waals surface area contributed by atoms with E-state index in [0.29, 0.717) is 5.75 Å². The Labute approximate surface area is 163 Å². The van der Waals surface area contributed by atoms with E-state index in [1.165, 1.54) is 17.3 Å². The van der Waals surface area contributed by atoms with Crippen LogP contribution in [0.25, 0.3) is 11.0 Å². The molecule has 0 radical (unpaired) electrons. The van der Waals surface area contributed by atoms with Crippen LogP contribution in [0.3, 0.4) is 0 Å². The number of hydrogen-bond donors (Lipinski definition) is 2. The molecule has 1 amide bonds. The minimum Gasteiger partial charge on any atom is -0.353 e. The van der Waals surface area contributed by atoms with Crippen molar-refractivity contribution < 1.29 is 4.79 Å². The molecule has 1 saturated heterocycles. The molecule has 0 bridgehead atoms. The maximum Gasteiger partial charge on any atom is 0.230 e. The van der Waals surface area contributed by atoms with Gasteiger partial charge in [0.2, 0.25) is 5.91 Å². The molecule has 140 valence electrons. The third-order valence-corrected chi connectivity index (χ3v) is 5.78. The fraction of sp³-hybridized carbons (Fsp3) is 0.333. The van der Waals surface area contributed by atoms with Crippen molar-refractivity contribution >= 4 is 28.7 Å². The Morgan fingerprint density at radius 2 is 1.85 bits per heavy atom. The molecule has 1 aromatic heterocycles. The number of benzene rings is 2. The average Bonchev–Trinajstić information content (AvgIpc) is 3.12. The number of carbonyl (C=O) groups excluding carboxylic acids is 1. The van der Waals surface area contributed by atoms with Gasteiger partial charge in [-0.3, -0.25) is 9.69 Å². The Balaban J connectivity index is 1.20. The molecule has 6 heteroatoms. The second-order valence-electron chi connectivity index (χ2n) is 6.95. The van der Waals surface area contributed by atoms with Gasteiger partial charge in [-0.25, -0.2) is 4.98 Å². The van der Waals surface area contributed by atoms with E-state index < -0.39 is 0 Å². The van der Waals surface area contributed by atoms with Crippen molar-refractivity contribution in [1.82, 2.24) is 20.2 Å². The first kappa shape index (κ1) is 18.1. The van der Waals surface area contributed by atoms with E-state index in [-0.39, 0.29) is 11.9 Å². The summed E-state index contributed by atoms with van der Waals surface area (Å²) in [6.07, 6.45) is 2.02. The highest BCUT2D eigenvalue weighted by atomic mass is 32.2. The fourth-order valence-corrected chi connectivity index (χ4v) is 4.17. The lowest BCUT2D eigenvalue weighted by Crippen LogP contribution is -2.44. The van der Waals surface area contributed by atoms with Crippen LogP contribution in [0.5, 0.6) is 0 Å². The first-order valence-electron chi connectivity index (χ1n) is 9.39. The molecule has 2 N–H and O–H groups in total. The maximum absolute atomic E-state index is 12.3. The summed E-state index contributed by atoms with van der Waals surface area (Å²) in [5.74, 6) is 0.478. The number of carbonyl (C=O) groups is 1. The van der Waals surface area contributed by atoms with Gasteiger partial charge in [0.15, 0.2) is 5.16 Å². The number of likely N-dealkylation sites (tertiary alicyclic amines) is 1. The summed E-state index contributed by atoms with van der Waals surface area (Å²) in [5, 5.41) is 3.97. The van der Waals surface area contributed by atoms with E-state index in [1.807, 2.05) is 24.3 Å². The van der Waals surface area contributed by atoms with Crippen LogP contribution in [0.4, 0.5) is 0 Å². The summed E-state index contributed by atoms with van der Waals surface area (Å²) < 4.78 is 0. The Hall–Kier alpha value is -2.31. The van der Waals surface area contributed by atoms with Crippen LogP contribution in [0.15, 0.2) is 59.8 Å². The molecule has 0 spiro atoms. The Bertz CT molecular complexity index is 854. The summed E-state index contributed by atoms with van der Waals surface area (Å²) in [6.45, 7) is 3.04. The lowest BCUT2D eigenvalue weighted by molar-refractivity contribution is -0.119. The number of aromatic nitrogens is 2. The van der Waals surface area contributed by atoms with E-state index in [2.05, 4.69) is 50.5 Å². The van der Waals surface area contributed by atoms with Gasteiger partial charge in [-0.15, -0.1) is 0 Å². The van der Waals surface area contributed by atoms with Gasteiger partial charge in [-0.1, -0.05) is 54.2 Å². The first-order chi connectivity index (χ1) is 13.3. The summed E-state index contributed by atoms with van der Waals surface area (Å²) in [7, 11) is 0. The average molecular weight is 381 g/mol. The van der Waals surface area contributed by atoms with Crippen molar-refractivity contribution in [3.05, 3.63) is 60.2 Å². The number of aromatic amines is 1. The normalized spacial score (nSPS) is 15.9. The summed E-state index contributed by atoms with van der Waals surface area (Å²) in [6, 6.07) is 18.8. The predicted octanol–water partition coefficient (Wildman–Crippen LogP) is 3.44. The van der Waals surface area contributed by atoms with Gasteiger partial charge in [0, 0.05) is 25.7 Å². The van der Waals surface area contributed by atoms with Gasteiger partial charge in [-0.2, -0.15) is 0 Å². The number of nitrogens with zero attached hydrogens (tertiary/aromatic N) is 2. The van der Waals surface area contributed by atoms with E-state index >= 15 is 0 Å². The number of H-pyrrole nitrogens is 1. The van der Waals surface area contributed by atoms with Gasteiger partial charge in [-0.05, 0) is 30.5 Å². The molecular formula is C21H24N4OS. The number of piperidine rings is 1. The molecule has 0 saturated carbocycles. The van der Waals surface area contributed by atoms with E-state index in [4.69, 9.17) is 0 Å². The topological polar surface area (TPSA) is 61.0 Å². The molecule has 5 nitrogen and oxygen atoms in total. The third kappa shape index (κ3) is 4.90. The Morgan fingerprint density at radius 1 is 1.11 bits per heavy atom. The van der Waals surface area contributed by atoms with Crippen LogP contribution in [-0.2, 0) is 11.3 Å². The second kappa shape index (κ2) is 8.59. The van der Waals surface area contributed by atoms with Crippen LogP contribution >= 0.6 is 11.8 Å².